The Labute approximate surface area is 279 Å². The molecule has 1 fully saturated rings. The minimum Gasteiger partial charge on any atom is -0.461 e. The van der Waals surface area contributed by atoms with Gasteiger partial charge in [0, 0.05) is 50.4 Å². The molecule has 2 atom stereocenters. The minimum absolute atomic E-state index is 0.109. The number of nitrogens with zero attached hydrogens (tertiary/aromatic N) is 7. The molecule has 46 heavy (non-hydrogen) atoms. The van der Waals surface area contributed by atoms with Crippen molar-refractivity contribution < 1.29 is 14.3 Å². The van der Waals surface area contributed by atoms with Crippen LogP contribution in [-0.4, -0.2) is 61.4 Å². The van der Waals surface area contributed by atoms with Gasteiger partial charge >= 0.3 is 5.97 Å². The molecular formula is C33H41N7O3S2Si. The molecule has 0 spiro atoms. The van der Waals surface area contributed by atoms with Crippen LogP contribution in [0.1, 0.15) is 30.5 Å². The number of fused-ring (bicyclic) bond motifs is 1. The maximum absolute atomic E-state index is 13.0. The lowest BCUT2D eigenvalue weighted by Crippen LogP contribution is -2.26. The van der Waals surface area contributed by atoms with E-state index < -0.39 is 8.07 Å². The summed E-state index contributed by atoms with van der Waals surface area (Å²) >= 11 is 3.17. The van der Waals surface area contributed by atoms with Gasteiger partial charge in [-0.2, -0.15) is 19.1 Å². The highest BCUT2D eigenvalue weighted by molar-refractivity contribution is 7.99. The molecule has 0 amide bonds. The summed E-state index contributed by atoms with van der Waals surface area (Å²) in [7, 11) is 0.654. The molecule has 1 aliphatic rings. The van der Waals surface area contributed by atoms with Crippen LogP contribution in [0, 0.1) is 12.8 Å². The van der Waals surface area contributed by atoms with E-state index in [9.17, 15) is 4.79 Å². The van der Waals surface area contributed by atoms with Gasteiger partial charge < -0.3 is 9.47 Å². The van der Waals surface area contributed by atoms with Gasteiger partial charge in [0.15, 0.2) is 5.65 Å². The number of aromatic nitrogens is 6. The summed E-state index contributed by atoms with van der Waals surface area (Å²) in [6, 6.07) is 15.1. The number of ether oxygens (including phenoxy) is 2. The number of aryl methyl sites for hydroxylation is 2. The zero-order chi connectivity index (χ0) is 32.3. The van der Waals surface area contributed by atoms with Crippen molar-refractivity contribution in [1.29, 1.82) is 0 Å². The molecule has 0 N–H and O–H groups in total. The molecule has 13 heteroatoms. The number of hydrogen-bond donors (Lipinski definition) is 0. The highest BCUT2D eigenvalue weighted by Crippen LogP contribution is 2.41. The molecule has 1 saturated carbocycles. The molecule has 5 aromatic rings. The first-order chi connectivity index (χ1) is 22.1. The van der Waals surface area contributed by atoms with Crippen molar-refractivity contribution in [3.05, 3.63) is 72.3 Å². The first-order valence-electron chi connectivity index (χ1n) is 15.7. The maximum Gasteiger partial charge on any atom is 0.309 e. The highest BCUT2D eigenvalue weighted by atomic mass is 32.2. The van der Waals surface area contributed by atoms with Crippen molar-refractivity contribution >= 4 is 53.8 Å². The fourth-order valence-electron chi connectivity index (χ4n) is 5.47. The molecule has 2 unspecified atom stereocenters. The van der Waals surface area contributed by atoms with Gasteiger partial charge in [-0.05, 0) is 55.4 Å². The van der Waals surface area contributed by atoms with Crippen LogP contribution < -0.4 is 4.90 Å². The summed E-state index contributed by atoms with van der Waals surface area (Å²) in [6.45, 7) is 10.5. The summed E-state index contributed by atoms with van der Waals surface area (Å²) < 4.78 is 20.2. The van der Waals surface area contributed by atoms with E-state index >= 15 is 0 Å². The quantitative estimate of drug-likeness (QED) is 0.0417. The molecule has 0 aliphatic heterocycles. The highest BCUT2D eigenvalue weighted by Gasteiger charge is 2.32. The van der Waals surface area contributed by atoms with Gasteiger partial charge in [-0.15, -0.1) is 11.8 Å². The van der Waals surface area contributed by atoms with Gasteiger partial charge in [0.1, 0.15) is 29.2 Å². The van der Waals surface area contributed by atoms with Crippen LogP contribution in [0.25, 0.3) is 16.8 Å². The molecule has 0 bridgehead atoms. The predicted molar refractivity (Wildman–Crippen MR) is 186 cm³/mol. The van der Waals surface area contributed by atoms with E-state index in [4.69, 9.17) is 19.6 Å². The molecule has 0 radical (unpaired) electrons. The Morgan fingerprint density at radius 1 is 1.13 bits per heavy atom. The topological polar surface area (TPSA) is 99.7 Å². The summed E-state index contributed by atoms with van der Waals surface area (Å²) in [5.74, 6) is 0.630. The number of carbonyl (C=O) groups excluding carboxylic acids is 1. The largest absolute Gasteiger partial charge is 0.461 e. The van der Waals surface area contributed by atoms with Gasteiger partial charge in [0.25, 0.3) is 0 Å². The van der Waals surface area contributed by atoms with E-state index in [0.717, 1.165) is 69.2 Å². The normalized spacial score (nSPS) is 16.7. The Morgan fingerprint density at radius 2 is 1.96 bits per heavy atom. The second-order valence-corrected chi connectivity index (χ2v) is 20.8. The molecule has 1 aliphatic carbocycles. The predicted octanol–water partition coefficient (Wildman–Crippen LogP) is 7.35. The van der Waals surface area contributed by atoms with E-state index in [-0.39, 0.29) is 17.1 Å². The van der Waals surface area contributed by atoms with E-state index in [1.807, 2.05) is 67.4 Å². The van der Waals surface area contributed by atoms with E-state index in [1.165, 1.54) is 11.5 Å². The summed E-state index contributed by atoms with van der Waals surface area (Å²) in [5.41, 5.74) is 4.57. The van der Waals surface area contributed by atoms with Gasteiger partial charge in [0.05, 0.1) is 24.0 Å². The number of esters is 1. The zero-order valence-electron chi connectivity index (χ0n) is 27.0. The molecular weight excluding hydrogens is 635 g/mol. The first-order valence-corrected chi connectivity index (χ1v) is 21.0. The third-order valence-electron chi connectivity index (χ3n) is 8.05. The van der Waals surface area contributed by atoms with Crippen LogP contribution in [0.2, 0.25) is 25.7 Å². The molecule has 4 aromatic heterocycles. The molecule has 242 valence electrons. The molecule has 0 saturated heterocycles. The third-order valence-corrected chi connectivity index (χ3v) is 11.9. The fourth-order valence-corrected chi connectivity index (χ4v) is 8.23. The number of hydrogen-bond acceptors (Lipinski definition) is 10. The van der Waals surface area contributed by atoms with Crippen molar-refractivity contribution in [2.75, 3.05) is 18.2 Å². The van der Waals surface area contributed by atoms with Crippen LogP contribution in [0.15, 0.2) is 66.1 Å². The Bertz CT molecular complexity index is 1780. The van der Waals surface area contributed by atoms with E-state index in [0.29, 0.717) is 19.9 Å². The Balaban J connectivity index is 1.28. The van der Waals surface area contributed by atoms with Gasteiger partial charge in [0.2, 0.25) is 0 Å². The number of carbonyl (C=O) groups is 1. The first kappa shape index (κ1) is 32.4. The van der Waals surface area contributed by atoms with Crippen molar-refractivity contribution in [3.63, 3.8) is 0 Å². The van der Waals surface area contributed by atoms with Crippen molar-refractivity contribution in [3.8, 4) is 11.1 Å². The molecule has 4 heterocycles. The lowest BCUT2D eigenvalue weighted by molar-refractivity contribution is -0.149. The Kier molecular flexibility index (Phi) is 9.92. The van der Waals surface area contributed by atoms with Crippen molar-refractivity contribution in [2.24, 2.45) is 13.0 Å². The van der Waals surface area contributed by atoms with Gasteiger partial charge in [-0.1, -0.05) is 50.0 Å². The van der Waals surface area contributed by atoms with Crippen molar-refractivity contribution in [2.45, 2.75) is 68.8 Å². The molecule has 1 aromatic carbocycles. The lowest BCUT2D eigenvalue weighted by atomic mass is 10.1. The van der Waals surface area contributed by atoms with Crippen molar-refractivity contribution in [1.82, 2.24) is 28.8 Å². The lowest BCUT2D eigenvalue weighted by Gasteiger charge is -2.25. The molecule has 10 nitrogen and oxygen atoms in total. The number of benzene rings is 1. The number of thioether (sulfide) groups is 1. The van der Waals surface area contributed by atoms with Crippen LogP contribution in [0.4, 0.5) is 10.8 Å². The molecule has 6 rings (SSSR count). The average Bonchev–Trinajstić information content (AvgIpc) is 3.84. The van der Waals surface area contributed by atoms with Crippen LogP contribution in [0.3, 0.4) is 0 Å². The third kappa shape index (κ3) is 7.88. The van der Waals surface area contributed by atoms with E-state index in [1.54, 1.807) is 16.4 Å². The number of anilines is 2. The minimum atomic E-state index is -1.25. The average molecular weight is 676 g/mol. The zero-order valence-corrected chi connectivity index (χ0v) is 29.7. The summed E-state index contributed by atoms with van der Waals surface area (Å²) in [5, 5.41) is 11.3. The SMILES string of the molecule is Cc1cc(N(COCC[Si](C)(C)C)c2cc(SC3CCC(C(=O)OCc4ccccc4)C3)nc3c(-c4cnn(C)c4)cnn23)sn1. The van der Waals surface area contributed by atoms with Crippen LogP contribution in [-0.2, 0) is 27.9 Å². The number of rotatable bonds is 13. The Morgan fingerprint density at radius 3 is 2.67 bits per heavy atom. The van der Waals surface area contributed by atoms with Gasteiger partial charge in [-0.25, -0.2) is 4.98 Å². The summed E-state index contributed by atoms with van der Waals surface area (Å²) in [6.07, 6.45) is 8.16. The van der Waals surface area contributed by atoms with E-state index in [2.05, 4.69) is 46.1 Å². The summed E-state index contributed by atoms with van der Waals surface area (Å²) in [4.78, 5) is 20.2. The second kappa shape index (κ2) is 14.1. The Hall–Kier alpha value is -3.52. The monoisotopic (exact) mass is 675 g/mol. The fraction of sp³-hybridized carbons (Fsp3) is 0.424. The smallest absolute Gasteiger partial charge is 0.309 e. The second-order valence-electron chi connectivity index (χ2n) is 13.1. The maximum atomic E-state index is 13.0. The van der Waals surface area contributed by atoms with Crippen LogP contribution >= 0.6 is 23.3 Å². The van der Waals surface area contributed by atoms with Crippen LogP contribution in [0.5, 0.6) is 0 Å². The standard InChI is InChI=1S/C33H41N7O3S2Si/c1-23-15-31(45-37-23)39(22-42-13-14-46(3,4)5)30-17-29(36-32-28(19-35-40(30)32)26-18-34-38(2)20-26)44-27-12-11-25(16-27)33(41)43-21-24-9-7-6-8-10-24/h6-10,15,17-20,25,27H,11-14,16,21-22H2,1-5H3. The van der Waals surface area contributed by atoms with Gasteiger partial charge in [-0.3, -0.25) is 14.4 Å².